The van der Waals surface area contributed by atoms with Gasteiger partial charge in [0.1, 0.15) is 23.6 Å². The van der Waals surface area contributed by atoms with Crippen molar-refractivity contribution in [3.05, 3.63) is 89.7 Å². The van der Waals surface area contributed by atoms with Crippen LogP contribution in [0.1, 0.15) is 48.0 Å². The van der Waals surface area contributed by atoms with Crippen LogP contribution >= 0.6 is 11.5 Å². The molecule has 0 spiro atoms. The smallest absolute Gasteiger partial charge is 0.389 e. The molecule has 2 heterocycles. The van der Waals surface area contributed by atoms with Crippen molar-refractivity contribution in [1.29, 1.82) is 0 Å². The summed E-state index contributed by atoms with van der Waals surface area (Å²) in [6.45, 7) is 0.170. The van der Waals surface area contributed by atoms with E-state index in [0.29, 0.717) is 34.8 Å². The number of rotatable bonds is 12. The van der Waals surface area contributed by atoms with Crippen LogP contribution < -0.4 is 23.8 Å². The minimum absolute atomic E-state index is 0.0312. The second-order valence-electron chi connectivity index (χ2n) is 10.1. The van der Waals surface area contributed by atoms with Crippen molar-refractivity contribution >= 4 is 26.7 Å². The van der Waals surface area contributed by atoms with E-state index in [9.17, 15) is 21.6 Å². The number of hydrogen-bond acceptors (Lipinski definition) is 9. The van der Waals surface area contributed by atoms with Gasteiger partial charge in [0.15, 0.2) is 0 Å². The van der Waals surface area contributed by atoms with Gasteiger partial charge in [-0.25, -0.2) is 17.7 Å². The van der Waals surface area contributed by atoms with Crippen molar-refractivity contribution in [3.8, 4) is 17.2 Å². The summed E-state index contributed by atoms with van der Waals surface area (Å²) in [7, 11) is -1.17. The van der Waals surface area contributed by atoms with Crippen molar-refractivity contribution in [1.82, 2.24) is 14.7 Å². The molecule has 4 aromatic rings. The number of methoxy groups -OCH3 is 2. The third-order valence-electron chi connectivity index (χ3n) is 7.30. The number of benzene rings is 3. The number of aromatic nitrogens is 2. The Morgan fingerprint density at radius 1 is 1.09 bits per heavy atom. The number of alkyl halides is 3. The van der Waals surface area contributed by atoms with Crippen LogP contribution in [-0.2, 0) is 16.6 Å². The molecule has 3 aromatic carbocycles. The lowest BCUT2D eigenvalue weighted by molar-refractivity contribution is -0.136. The van der Waals surface area contributed by atoms with Gasteiger partial charge < -0.3 is 19.5 Å². The number of sulfonamides is 1. The first-order chi connectivity index (χ1) is 21.1. The highest BCUT2D eigenvalue weighted by atomic mass is 32.2. The maximum absolute atomic E-state index is 14.1. The molecule has 2 unspecified atom stereocenters. The van der Waals surface area contributed by atoms with Gasteiger partial charge in [-0.2, -0.15) is 17.5 Å². The van der Waals surface area contributed by atoms with E-state index in [1.165, 1.54) is 32.7 Å². The molecule has 2 atom stereocenters. The minimum atomic E-state index is -4.29. The Morgan fingerprint density at radius 2 is 1.89 bits per heavy atom. The lowest BCUT2D eigenvalue weighted by Gasteiger charge is -2.32. The van der Waals surface area contributed by atoms with E-state index in [1.54, 1.807) is 48.5 Å². The summed E-state index contributed by atoms with van der Waals surface area (Å²) < 4.78 is 89.4. The molecule has 0 fully saturated rings. The fourth-order valence-corrected chi connectivity index (χ4v) is 7.23. The Morgan fingerprint density at radius 3 is 2.57 bits per heavy atom. The lowest BCUT2D eigenvalue weighted by atomic mass is 9.96. The SMILES string of the molecule is COc1ccc(CN(c2ncns2)S(=O)(=O)c2ccc3c(c2)OCCC3NC(CCC(F)(F)F)c2ccccc2)c(OC)c1. The molecule has 0 amide bonds. The van der Waals surface area contributed by atoms with E-state index in [0.717, 1.165) is 21.4 Å². The summed E-state index contributed by atoms with van der Waals surface area (Å²) in [6, 6.07) is 17.7. The van der Waals surface area contributed by atoms with E-state index in [-0.39, 0.29) is 35.6 Å². The molecule has 0 radical (unpaired) electrons. The molecule has 44 heavy (non-hydrogen) atoms. The van der Waals surface area contributed by atoms with Crippen LogP contribution in [0.4, 0.5) is 18.3 Å². The molecule has 0 saturated heterocycles. The van der Waals surface area contributed by atoms with Gasteiger partial charge in [-0.1, -0.05) is 36.4 Å². The maximum atomic E-state index is 14.1. The minimum Gasteiger partial charge on any atom is -0.497 e. The molecular formula is C30H31F3N4O5S2. The molecule has 0 bridgehead atoms. The van der Waals surface area contributed by atoms with Crippen LogP contribution in [-0.4, -0.2) is 44.8 Å². The predicted molar refractivity (Wildman–Crippen MR) is 160 cm³/mol. The maximum Gasteiger partial charge on any atom is 0.389 e. The topological polar surface area (TPSA) is 103 Å². The molecule has 1 N–H and O–H groups in total. The quantitative estimate of drug-likeness (QED) is 0.187. The molecule has 5 rings (SSSR count). The highest BCUT2D eigenvalue weighted by Gasteiger charge is 2.33. The summed E-state index contributed by atoms with van der Waals surface area (Å²) in [6.07, 6.45) is -3.59. The molecule has 1 aliphatic heterocycles. The van der Waals surface area contributed by atoms with E-state index < -0.39 is 28.7 Å². The summed E-state index contributed by atoms with van der Waals surface area (Å²) in [5.74, 6) is 1.34. The first kappa shape index (κ1) is 31.5. The molecule has 9 nitrogen and oxygen atoms in total. The Labute approximate surface area is 257 Å². The number of fused-ring (bicyclic) bond motifs is 1. The summed E-state index contributed by atoms with van der Waals surface area (Å²) in [5.41, 5.74) is 1.99. The second-order valence-corrected chi connectivity index (χ2v) is 12.7. The molecule has 0 saturated carbocycles. The number of nitrogens with one attached hydrogen (secondary N) is 1. The number of anilines is 1. The number of halogens is 3. The van der Waals surface area contributed by atoms with Crippen LogP contribution in [0.2, 0.25) is 0 Å². The molecule has 1 aliphatic rings. The summed E-state index contributed by atoms with van der Waals surface area (Å²) in [4.78, 5) is 4.13. The van der Waals surface area contributed by atoms with Gasteiger partial charge in [0.2, 0.25) is 5.13 Å². The van der Waals surface area contributed by atoms with Crippen LogP contribution in [0.5, 0.6) is 17.2 Å². The fourth-order valence-electron chi connectivity index (χ4n) is 5.08. The number of ether oxygens (including phenoxy) is 3. The van der Waals surface area contributed by atoms with Crippen molar-refractivity contribution in [3.63, 3.8) is 0 Å². The zero-order valence-electron chi connectivity index (χ0n) is 24.0. The van der Waals surface area contributed by atoms with Gasteiger partial charge in [0.05, 0.1) is 32.3 Å². The van der Waals surface area contributed by atoms with E-state index in [2.05, 4.69) is 14.7 Å². The average molecular weight is 649 g/mol. The molecule has 0 aliphatic carbocycles. The van der Waals surface area contributed by atoms with Gasteiger partial charge >= 0.3 is 6.18 Å². The summed E-state index contributed by atoms with van der Waals surface area (Å²) in [5, 5.41) is 3.54. The zero-order valence-corrected chi connectivity index (χ0v) is 25.6. The average Bonchev–Trinajstić information content (AvgIpc) is 3.56. The van der Waals surface area contributed by atoms with Crippen molar-refractivity contribution in [2.45, 2.75) is 49.0 Å². The van der Waals surface area contributed by atoms with E-state index >= 15 is 0 Å². The van der Waals surface area contributed by atoms with E-state index in [4.69, 9.17) is 14.2 Å². The highest BCUT2D eigenvalue weighted by molar-refractivity contribution is 7.93. The number of nitrogens with zero attached hydrogens (tertiary/aromatic N) is 3. The zero-order chi connectivity index (χ0) is 31.3. The van der Waals surface area contributed by atoms with Gasteiger partial charge in [-0.15, -0.1) is 0 Å². The first-order valence-electron chi connectivity index (χ1n) is 13.7. The van der Waals surface area contributed by atoms with Crippen LogP contribution in [0, 0.1) is 0 Å². The van der Waals surface area contributed by atoms with Crippen LogP contribution in [0.15, 0.2) is 78.0 Å². The normalized spacial score (nSPS) is 15.6. The van der Waals surface area contributed by atoms with E-state index in [1.807, 2.05) is 6.07 Å². The number of hydrogen-bond donors (Lipinski definition) is 1. The molecule has 1 aromatic heterocycles. The lowest BCUT2D eigenvalue weighted by Crippen LogP contribution is -2.32. The predicted octanol–water partition coefficient (Wildman–Crippen LogP) is 6.45. The van der Waals surface area contributed by atoms with Gasteiger partial charge in [-0.3, -0.25) is 0 Å². The first-order valence-corrected chi connectivity index (χ1v) is 15.9. The second kappa shape index (κ2) is 13.4. The largest absolute Gasteiger partial charge is 0.497 e. The van der Waals surface area contributed by atoms with Crippen molar-refractivity contribution < 1.29 is 35.8 Å². The fraction of sp³-hybridized carbons (Fsp3) is 0.333. The summed E-state index contributed by atoms with van der Waals surface area (Å²) >= 11 is 0.932. The van der Waals surface area contributed by atoms with Crippen LogP contribution in [0.3, 0.4) is 0 Å². The Bertz CT molecular complexity index is 1660. The van der Waals surface area contributed by atoms with Gasteiger partial charge in [-0.05, 0) is 30.2 Å². The Balaban J connectivity index is 1.44. The third kappa shape index (κ3) is 7.25. The molecule has 234 valence electrons. The van der Waals surface area contributed by atoms with Crippen molar-refractivity contribution in [2.75, 3.05) is 25.1 Å². The van der Waals surface area contributed by atoms with Crippen LogP contribution in [0.25, 0.3) is 0 Å². The van der Waals surface area contributed by atoms with Gasteiger partial charge in [0, 0.05) is 59.7 Å². The van der Waals surface area contributed by atoms with Gasteiger partial charge in [0.25, 0.3) is 10.0 Å². The third-order valence-corrected chi connectivity index (χ3v) is 9.84. The monoisotopic (exact) mass is 648 g/mol. The highest BCUT2D eigenvalue weighted by Crippen LogP contribution is 2.39. The Hall–Kier alpha value is -3.88. The molecular weight excluding hydrogens is 617 g/mol. The Kier molecular flexibility index (Phi) is 9.61. The van der Waals surface area contributed by atoms with Crippen molar-refractivity contribution in [2.24, 2.45) is 0 Å². The standard InChI is InChI=1S/C30H31F3N4O5S2/c1-40-22-9-8-21(27(16-22)41-2)18-37(29-34-19-35-43-29)44(38,39)23-10-11-24-26(13-15-42-28(24)17-23)36-25(12-14-30(31,32)33)20-6-4-3-5-7-20/h3-11,16-17,19,25-26,36H,12-15,18H2,1-2H3. The molecule has 14 heteroatoms.